The number of carbonyl (C=O) groups is 2. The first kappa shape index (κ1) is 19.6. The van der Waals surface area contributed by atoms with Gasteiger partial charge in [-0.3, -0.25) is 0 Å². The fourth-order valence-corrected chi connectivity index (χ4v) is 1.65. The van der Waals surface area contributed by atoms with Gasteiger partial charge < -0.3 is 24.4 Å². The van der Waals surface area contributed by atoms with E-state index in [1.54, 1.807) is 53.9 Å². The molecule has 1 rings (SSSR count). The molecule has 0 aliphatic carbocycles. The summed E-state index contributed by atoms with van der Waals surface area (Å²) in [6.45, 7) is 7.71. The average Bonchev–Trinajstić information content (AvgIpc) is 2.46. The van der Waals surface area contributed by atoms with Crippen LogP contribution in [0.15, 0.2) is 18.2 Å². The highest BCUT2D eigenvalue weighted by Gasteiger charge is 2.20. The maximum atomic E-state index is 12.0. The molecule has 0 bridgehead atoms. The van der Waals surface area contributed by atoms with Crippen molar-refractivity contribution in [2.45, 2.75) is 33.3 Å². The normalized spacial score (nSPS) is 10.9. The van der Waals surface area contributed by atoms with Crippen LogP contribution in [0.25, 0.3) is 0 Å². The van der Waals surface area contributed by atoms with E-state index in [2.05, 4.69) is 0 Å². The van der Waals surface area contributed by atoms with Gasteiger partial charge in [0.2, 0.25) is 0 Å². The van der Waals surface area contributed by atoms with Crippen LogP contribution >= 0.6 is 0 Å². The van der Waals surface area contributed by atoms with Gasteiger partial charge in [0, 0.05) is 33.3 Å². The molecule has 0 heterocycles. The summed E-state index contributed by atoms with van der Waals surface area (Å²) in [5, 5.41) is 9.62. The minimum Gasteiger partial charge on any atom is -0.508 e. The van der Waals surface area contributed by atoms with Crippen LogP contribution in [0.1, 0.15) is 26.3 Å². The van der Waals surface area contributed by atoms with E-state index in [4.69, 9.17) is 9.47 Å². The third kappa shape index (κ3) is 6.36. The van der Waals surface area contributed by atoms with Crippen molar-refractivity contribution in [3.8, 4) is 11.5 Å². The monoisotopic (exact) mass is 338 g/mol. The summed E-state index contributed by atoms with van der Waals surface area (Å²) in [6.07, 6.45) is -1.02. The van der Waals surface area contributed by atoms with Crippen LogP contribution in [0, 0.1) is 6.92 Å². The van der Waals surface area contributed by atoms with Gasteiger partial charge in [-0.05, 0) is 39.3 Å². The molecule has 134 valence electrons. The Hall–Kier alpha value is -2.44. The van der Waals surface area contributed by atoms with Crippen LogP contribution in [0.2, 0.25) is 0 Å². The molecule has 0 saturated heterocycles. The Morgan fingerprint density at radius 2 is 1.62 bits per heavy atom. The highest BCUT2D eigenvalue weighted by atomic mass is 16.6. The van der Waals surface area contributed by atoms with E-state index in [-0.39, 0.29) is 18.0 Å². The summed E-state index contributed by atoms with van der Waals surface area (Å²) in [6, 6.07) is 4.65. The number of amides is 2. The lowest BCUT2D eigenvalue weighted by Crippen LogP contribution is -2.40. The Labute approximate surface area is 142 Å². The van der Waals surface area contributed by atoms with E-state index >= 15 is 0 Å². The average molecular weight is 338 g/mol. The molecular weight excluding hydrogens is 312 g/mol. The number of carbonyl (C=O) groups excluding carboxylic acids is 2. The van der Waals surface area contributed by atoms with E-state index in [0.717, 1.165) is 0 Å². The van der Waals surface area contributed by atoms with E-state index < -0.39 is 17.8 Å². The van der Waals surface area contributed by atoms with Gasteiger partial charge in [0.1, 0.15) is 17.1 Å². The maximum absolute atomic E-state index is 12.0. The van der Waals surface area contributed by atoms with Crippen molar-refractivity contribution in [1.29, 1.82) is 0 Å². The number of likely N-dealkylation sites (N-methyl/N-ethyl adjacent to an activating group) is 2. The number of ether oxygens (including phenoxy) is 2. The number of hydrogen-bond acceptors (Lipinski definition) is 5. The fraction of sp³-hybridized carbons (Fsp3) is 0.529. The minimum absolute atomic E-state index is 0.0626. The van der Waals surface area contributed by atoms with Gasteiger partial charge >= 0.3 is 12.2 Å². The first-order valence-electron chi connectivity index (χ1n) is 7.66. The molecule has 0 aliphatic rings. The smallest absolute Gasteiger partial charge is 0.415 e. The minimum atomic E-state index is -0.573. The summed E-state index contributed by atoms with van der Waals surface area (Å²) in [5.74, 6) is 0.322. The molecule has 0 saturated carbocycles. The predicted molar refractivity (Wildman–Crippen MR) is 90.4 cm³/mol. The van der Waals surface area contributed by atoms with Gasteiger partial charge in [-0.25, -0.2) is 9.59 Å². The molecule has 7 heteroatoms. The van der Waals surface area contributed by atoms with Gasteiger partial charge in [-0.2, -0.15) is 0 Å². The van der Waals surface area contributed by atoms with Crippen molar-refractivity contribution in [3.63, 3.8) is 0 Å². The first-order chi connectivity index (χ1) is 11.0. The third-order valence-electron chi connectivity index (χ3n) is 3.17. The first-order valence-corrected chi connectivity index (χ1v) is 7.66. The summed E-state index contributed by atoms with van der Waals surface area (Å²) in [4.78, 5) is 26.6. The zero-order valence-corrected chi connectivity index (χ0v) is 15.1. The lowest BCUT2D eigenvalue weighted by Gasteiger charge is -2.26. The van der Waals surface area contributed by atoms with Crippen molar-refractivity contribution in [1.82, 2.24) is 9.80 Å². The molecule has 0 radical (unpaired) electrons. The largest absolute Gasteiger partial charge is 0.508 e. The van der Waals surface area contributed by atoms with Crippen LogP contribution < -0.4 is 4.74 Å². The lowest BCUT2D eigenvalue weighted by molar-refractivity contribution is 0.0287. The van der Waals surface area contributed by atoms with Crippen molar-refractivity contribution >= 4 is 12.2 Å². The van der Waals surface area contributed by atoms with Crippen molar-refractivity contribution in [2.75, 3.05) is 27.2 Å². The maximum Gasteiger partial charge on any atom is 0.415 e. The summed E-state index contributed by atoms with van der Waals surface area (Å²) >= 11 is 0. The Kier molecular flexibility index (Phi) is 6.45. The second-order valence-electron chi connectivity index (χ2n) is 6.64. The topological polar surface area (TPSA) is 79.3 Å². The molecule has 1 aromatic rings. The number of rotatable bonds is 4. The van der Waals surface area contributed by atoms with Crippen LogP contribution in [-0.4, -0.2) is 59.9 Å². The van der Waals surface area contributed by atoms with Crippen LogP contribution in [0.5, 0.6) is 11.5 Å². The molecular formula is C17H26N2O5. The lowest BCUT2D eigenvalue weighted by atomic mass is 10.2. The molecule has 0 aliphatic heterocycles. The van der Waals surface area contributed by atoms with E-state index in [9.17, 15) is 14.7 Å². The molecule has 0 fully saturated rings. The van der Waals surface area contributed by atoms with Crippen LogP contribution in [-0.2, 0) is 4.74 Å². The summed E-state index contributed by atoms with van der Waals surface area (Å²) in [7, 11) is 3.17. The number of nitrogens with zero attached hydrogens (tertiary/aromatic N) is 2. The van der Waals surface area contributed by atoms with Crippen molar-refractivity contribution < 1.29 is 24.2 Å². The summed E-state index contributed by atoms with van der Waals surface area (Å²) in [5.41, 5.74) is 0.131. The molecule has 1 N–H and O–H groups in total. The Bertz CT molecular complexity index is 595. The van der Waals surface area contributed by atoms with Crippen molar-refractivity contribution in [2.24, 2.45) is 0 Å². The quantitative estimate of drug-likeness (QED) is 0.913. The van der Waals surface area contributed by atoms with Gasteiger partial charge in [0.25, 0.3) is 0 Å². The molecule has 0 spiro atoms. The molecule has 24 heavy (non-hydrogen) atoms. The second kappa shape index (κ2) is 7.90. The molecule has 2 amide bonds. The third-order valence-corrected chi connectivity index (χ3v) is 3.17. The number of aryl methyl sites for hydroxylation is 1. The SMILES string of the molecule is Cc1ccc(OC(=O)N(C)CCN(C)C(=O)OC(C)(C)C)cc1O. The van der Waals surface area contributed by atoms with Gasteiger partial charge in [-0.15, -0.1) is 0 Å². The Morgan fingerprint density at radius 3 is 2.12 bits per heavy atom. The second-order valence-corrected chi connectivity index (χ2v) is 6.64. The predicted octanol–water partition coefficient (Wildman–Crippen LogP) is 3.00. The highest BCUT2D eigenvalue weighted by Crippen LogP contribution is 2.22. The summed E-state index contributed by atoms with van der Waals surface area (Å²) < 4.78 is 10.4. The number of hydrogen-bond donors (Lipinski definition) is 1. The molecule has 0 aromatic heterocycles. The highest BCUT2D eigenvalue weighted by molar-refractivity contribution is 5.71. The molecule has 7 nitrogen and oxygen atoms in total. The van der Waals surface area contributed by atoms with Crippen molar-refractivity contribution in [3.05, 3.63) is 23.8 Å². The molecule has 0 atom stereocenters. The zero-order chi connectivity index (χ0) is 18.5. The number of aromatic hydroxyl groups is 1. The Balaban J connectivity index is 2.49. The number of benzene rings is 1. The van der Waals surface area contributed by atoms with E-state index in [1.165, 1.54) is 15.9 Å². The van der Waals surface area contributed by atoms with Gasteiger partial charge in [0.05, 0.1) is 0 Å². The Morgan fingerprint density at radius 1 is 1.08 bits per heavy atom. The van der Waals surface area contributed by atoms with Crippen LogP contribution in [0.4, 0.5) is 9.59 Å². The van der Waals surface area contributed by atoms with Gasteiger partial charge in [0.15, 0.2) is 0 Å². The number of phenols is 1. The molecule has 1 aromatic carbocycles. The zero-order valence-electron chi connectivity index (χ0n) is 15.1. The standard InChI is InChI=1S/C17H26N2O5/c1-12-7-8-13(11-14(12)20)23-15(21)18(5)9-10-19(6)16(22)24-17(2,3)4/h7-8,11,20H,9-10H2,1-6H3. The molecule has 0 unspecified atom stereocenters. The fourth-order valence-electron chi connectivity index (χ4n) is 1.65. The van der Waals surface area contributed by atoms with Gasteiger partial charge in [-0.1, -0.05) is 6.07 Å². The van der Waals surface area contributed by atoms with Crippen LogP contribution in [0.3, 0.4) is 0 Å². The number of phenolic OH excluding ortho intramolecular Hbond substituents is 1. The van der Waals surface area contributed by atoms with E-state index in [0.29, 0.717) is 12.1 Å². The van der Waals surface area contributed by atoms with E-state index in [1.807, 2.05) is 0 Å².